The largest absolute Gasteiger partial charge is 0.497 e. The molecule has 0 radical (unpaired) electrons. The summed E-state index contributed by atoms with van der Waals surface area (Å²) in [5.41, 5.74) is 2.70. The first-order valence-corrected chi connectivity index (χ1v) is 7.82. The van der Waals surface area contributed by atoms with Crippen LogP contribution in [0.2, 0.25) is 0 Å². The first kappa shape index (κ1) is 14.6. The van der Waals surface area contributed by atoms with Gasteiger partial charge in [0.2, 0.25) is 0 Å². The Kier molecular flexibility index (Phi) is 4.15. The summed E-state index contributed by atoms with van der Waals surface area (Å²) in [7, 11) is 1.72. The van der Waals surface area contributed by atoms with E-state index in [1.165, 1.54) is 21.9 Å². The lowest BCUT2D eigenvalue weighted by atomic mass is 9.80. The molecule has 0 aliphatic heterocycles. The molecule has 0 saturated carbocycles. The normalized spacial score (nSPS) is 12.5. The van der Waals surface area contributed by atoms with Gasteiger partial charge < -0.3 is 4.74 Å². The van der Waals surface area contributed by atoms with Crippen molar-refractivity contribution in [1.29, 1.82) is 0 Å². The third-order valence-electron chi connectivity index (χ3n) is 4.28. The quantitative estimate of drug-likeness (QED) is 0.604. The number of hydrogen-bond acceptors (Lipinski definition) is 1. The van der Waals surface area contributed by atoms with Crippen molar-refractivity contribution in [1.82, 2.24) is 0 Å². The maximum Gasteiger partial charge on any atom is 0.119 e. The number of hydrogen-bond donors (Lipinski definition) is 0. The molecule has 3 rings (SSSR count). The Hall–Kier alpha value is -2.28. The Balaban J connectivity index is 2.18. The fourth-order valence-electron chi connectivity index (χ4n) is 3.28. The number of benzene rings is 3. The molecule has 0 amide bonds. The molecule has 0 saturated heterocycles. The highest BCUT2D eigenvalue weighted by molar-refractivity contribution is 5.86. The van der Waals surface area contributed by atoms with Gasteiger partial charge in [-0.3, -0.25) is 0 Å². The Morgan fingerprint density at radius 2 is 1.55 bits per heavy atom. The third kappa shape index (κ3) is 2.71. The average Bonchev–Trinajstić information content (AvgIpc) is 2.55. The molecule has 0 N–H and O–H groups in total. The predicted molar refractivity (Wildman–Crippen MR) is 93.6 cm³/mol. The van der Waals surface area contributed by atoms with Crippen molar-refractivity contribution in [3.63, 3.8) is 0 Å². The van der Waals surface area contributed by atoms with Gasteiger partial charge in [-0.15, -0.1) is 0 Å². The van der Waals surface area contributed by atoms with E-state index in [0.717, 1.165) is 5.75 Å². The van der Waals surface area contributed by atoms with Crippen LogP contribution in [0.3, 0.4) is 0 Å². The number of ether oxygens (including phenoxy) is 1. The van der Waals surface area contributed by atoms with E-state index in [0.29, 0.717) is 11.8 Å². The highest BCUT2D eigenvalue weighted by Gasteiger charge is 2.20. The van der Waals surface area contributed by atoms with Gasteiger partial charge in [0.1, 0.15) is 5.75 Å². The molecule has 0 spiro atoms. The van der Waals surface area contributed by atoms with Gasteiger partial charge in [-0.05, 0) is 39.9 Å². The van der Waals surface area contributed by atoms with Crippen LogP contribution in [-0.4, -0.2) is 7.11 Å². The van der Waals surface area contributed by atoms with E-state index in [-0.39, 0.29) is 0 Å². The van der Waals surface area contributed by atoms with Crippen molar-refractivity contribution in [3.8, 4) is 5.75 Å². The molecule has 0 aliphatic rings. The summed E-state index contributed by atoms with van der Waals surface area (Å²) in [6.07, 6.45) is 0. The Morgan fingerprint density at radius 3 is 2.32 bits per heavy atom. The van der Waals surface area contributed by atoms with Crippen molar-refractivity contribution < 1.29 is 4.74 Å². The highest BCUT2D eigenvalue weighted by Crippen LogP contribution is 2.37. The van der Waals surface area contributed by atoms with Crippen LogP contribution in [0.1, 0.15) is 30.9 Å². The van der Waals surface area contributed by atoms with Gasteiger partial charge in [-0.1, -0.05) is 68.4 Å². The monoisotopic (exact) mass is 290 g/mol. The van der Waals surface area contributed by atoms with Gasteiger partial charge in [-0.25, -0.2) is 0 Å². The molecule has 3 aromatic carbocycles. The summed E-state index contributed by atoms with van der Waals surface area (Å²) in [6.45, 7) is 4.57. The van der Waals surface area contributed by atoms with Gasteiger partial charge in [0.25, 0.3) is 0 Å². The van der Waals surface area contributed by atoms with Gasteiger partial charge >= 0.3 is 0 Å². The van der Waals surface area contributed by atoms with E-state index in [9.17, 15) is 0 Å². The lowest BCUT2D eigenvalue weighted by Crippen LogP contribution is -2.09. The van der Waals surface area contributed by atoms with Gasteiger partial charge in [0.05, 0.1) is 7.11 Å². The molecule has 3 aromatic rings. The van der Waals surface area contributed by atoms with E-state index in [2.05, 4.69) is 74.5 Å². The third-order valence-corrected chi connectivity index (χ3v) is 4.28. The zero-order chi connectivity index (χ0) is 15.5. The van der Waals surface area contributed by atoms with E-state index < -0.39 is 0 Å². The molecule has 22 heavy (non-hydrogen) atoms. The molecule has 1 unspecified atom stereocenters. The molecule has 1 nitrogen and oxygen atoms in total. The van der Waals surface area contributed by atoms with E-state index in [1.807, 2.05) is 6.07 Å². The summed E-state index contributed by atoms with van der Waals surface area (Å²) in [5, 5.41) is 2.64. The number of methoxy groups -OCH3 is 1. The van der Waals surface area contributed by atoms with Crippen LogP contribution >= 0.6 is 0 Å². The molecule has 0 bridgehead atoms. The molecule has 0 heterocycles. The fourth-order valence-corrected chi connectivity index (χ4v) is 3.28. The second-order valence-corrected chi connectivity index (χ2v) is 6.07. The SMILES string of the molecule is COc1cccc(C(c2cccc3ccccc23)C(C)C)c1. The molecule has 1 atom stereocenters. The second kappa shape index (κ2) is 6.23. The fraction of sp³-hybridized carbons (Fsp3) is 0.238. The molecule has 0 fully saturated rings. The molecule has 0 aliphatic carbocycles. The van der Waals surface area contributed by atoms with Crippen LogP contribution in [0.25, 0.3) is 10.8 Å². The second-order valence-electron chi connectivity index (χ2n) is 6.07. The minimum absolute atomic E-state index is 0.362. The smallest absolute Gasteiger partial charge is 0.119 e. The van der Waals surface area contributed by atoms with Crippen LogP contribution in [0.4, 0.5) is 0 Å². The first-order chi connectivity index (χ1) is 10.7. The van der Waals surface area contributed by atoms with Crippen molar-refractivity contribution in [3.05, 3.63) is 77.9 Å². The average molecular weight is 290 g/mol. The molecular weight excluding hydrogens is 268 g/mol. The van der Waals surface area contributed by atoms with Crippen molar-refractivity contribution in [2.24, 2.45) is 5.92 Å². The number of fused-ring (bicyclic) bond motifs is 1. The van der Waals surface area contributed by atoms with Gasteiger partial charge in [-0.2, -0.15) is 0 Å². The topological polar surface area (TPSA) is 9.23 Å². The zero-order valence-electron chi connectivity index (χ0n) is 13.4. The molecule has 112 valence electrons. The summed E-state index contributed by atoms with van der Waals surface area (Å²) in [6, 6.07) is 23.7. The van der Waals surface area contributed by atoms with Crippen LogP contribution in [0.5, 0.6) is 5.75 Å². The highest BCUT2D eigenvalue weighted by atomic mass is 16.5. The Morgan fingerprint density at radius 1 is 0.818 bits per heavy atom. The summed E-state index contributed by atoms with van der Waals surface area (Å²) < 4.78 is 5.41. The lowest BCUT2D eigenvalue weighted by molar-refractivity contribution is 0.413. The Labute approximate surface area is 132 Å². The predicted octanol–water partition coefficient (Wildman–Crippen LogP) is 5.64. The molecule has 1 heteroatoms. The van der Waals surface area contributed by atoms with Crippen molar-refractivity contribution in [2.45, 2.75) is 19.8 Å². The zero-order valence-corrected chi connectivity index (χ0v) is 13.4. The molecular formula is C21H22O. The lowest BCUT2D eigenvalue weighted by Gasteiger charge is -2.24. The summed E-state index contributed by atoms with van der Waals surface area (Å²) in [4.78, 5) is 0. The summed E-state index contributed by atoms with van der Waals surface area (Å²) in [5.74, 6) is 1.79. The van der Waals surface area contributed by atoms with Crippen molar-refractivity contribution >= 4 is 10.8 Å². The van der Waals surface area contributed by atoms with Crippen molar-refractivity contribution in [2.75, 3.05) is 7.11 Å². The van der Waals surface area contributed by atoms with Gasteiger partial charge in [0.15, 0.2) is 0 Å². The van der Waals surface area contributed by atoms with Crippen LogP contribution < -0.4 is 4.74 Å². The van der Waals surface area contributed by atoms with Gasteiger partial charge in [0, 0.05) is 5.92 Å². The maximum atomic E-state index is 5.41. The van der Waals surface area contributed by atoms with Crippen LogP contribution in [0.15, 0.2) is 66.7 Å². The maximum absolute atomic E-state index is 5.41. The van der Waals surface area contributed by atoms with Crippen LogP contribution in [0, 0.1) is 5.92 Å². The standard InChI is InChI=1S/C21H22O/c1-15(2)21(17-10-6-11-18(14-17)22-3)20-13-7-9-16-8-4-5-12-19(16)20/h4-15,21H,1-3H3. The summed E-state index contributed by atoms with van der Waals surface area (Å²) >= 11 is 0. The minimum Gasteiger partial charge on any atom is -0.497 e. The Bertz CT molecular complexity index is 768. The first-order valence-electron chi connectivity index (χ1n) is 7.82. The van der Waals surface area contributed by atoms with E-state index in [1.54, 1.807) is 7.11 Å². The minimum atomic E-state index is 0.362. The van der Waals surface area contributed by atoms with E-state index in [4.69, 9.17) is 4.74 Å². The van der Waals surface area contributed by atoms with Crippen LogP contribution in [-0.2, 0) is 0 Å². The van der Waals surface area contributed by atoms with E-state index >= 15 is 0 Å². The number of rotatable bonds is 4. The molecule has 0 aromatic heterocycles.